The smallest absolute Gasteiger partial charge is 0.378 e. The van der Waals surface area contributed by atoms with Gasteiger partial charge in [-0.3, -0.25) is 4.72 Å². The second kappa shape index (κ2) is 8.20. The fourth-order valence-electron chi connectivity index (χ4n) is 4.91. The van der Waals surface area contributed by atoms with Gasteiger partial charge in [0, 0.05) is 17.3 Å². The minimum Gasteiger partial charge on any atom is -0.378 e. The number of allylic oxidation sites excluding steroid dienone is 2. The summed E-state index contributed by atoms with van der Waals surface area (Å²) in [6.07, 6.45) is 0.548. The molecule has 0 saturated heterocycles. The van der Waals surface area contributed by atoms with Crippen molar-refractivity contribution in [3.8, 4) is 0 Å². The summed E-state index contributed by atoms with van der Waals surface area (Å²) in [5, 5.41) is 3.58. The van der Waals surface area contributed by atoms with Crippen molar-refractivity contribution in [3.05, 3.63) is 101 Å². The van der Waals surface area contributed by atoms with Crippen LogP contribution in [0.3, 0.4) is 0 Å². The van der Waals surface area contributed by atoms with Crippen LogP contribution in [-0.2, 0) is 16.2 Å². The summed E-state index contributed by atoms with van der Waals surface area (Å²) in [6, 6.07) is 17.5. The quantitative estimate of drug-likeness (QED) is 0.408. The first-order valence-corrected chi connectivity index (χ1v) is 12.4. The van der Waals surface area contributed by atoms with Crippen LogP contribution in [0, 0.1) is 12.8 Å². The van der Waals surface area contributed by atoms with E-state index in [1.807, 2.05) is 6.07 Å². The Morgan fingerprint density at radius 3 is 2.56 bits per heavy atom. The largest absolute Gasteiger partial charge is 0.416 e. The van der Waals surface area contributed by atoms with Crippen LogP contribution in [-0.4, -0.2) is 8.42 Å². The van der Waals surface area contributed by atoms with Crippen LogP contribution >= 0.6 is 0 Å². The maximum Gasteiger partial charge on any atom is 0.416 e. The van der Waals surface area contributed by atoms with Gasteiger partial charge in [-0.05, 0) is 66.8 Å². The monoisotopic (exact) mass is 484 g/mol. The van der Waals surface area contributed by atoms with Crippen molar-refractivity contribution in [2.75, 3.05) is 10.0 Å². The number of anilines is 2. The van der Waals surface area contributed by atoms with Crippen LogP contribution in [0.5, 0.6) is 0 Å². The molecule has 0 amide bonds. The fraction of sp³-hybridized carbons (Fsp3) is 0.231. The Labute approximate surface area is 196 Å². The van der Waals surface area contributed by atoms with E-state index in [1.54, 1.807) is 12.1 Å². The van der Waals surface area contributed by atoms with Crippen LogP contribution in [0.1, 0.15) is 40.6 Å². The molecule has 3 atom stereocenters. The number of fused-ring (bicyclic) bond motifs is 3. The second-order valence-electron chi connectivity index (χ2n) is 8.82. The van der Waals surface area contributed by atoms with Crippen molar-refractivity contribution in [1.82, 2.24) is 0 Å². The number of benzene rings is 3. The molecule has 2 aliphatic rings. The Morgan fingerprint density at radius 2 is 1.79 bits per heavy atom. The van der Waals surface area contributed by atoms with E-state index in [4.69, 9.17) is 0 Å². The zero-order chi connectivity index (χ0) is 24.1. The summed E-state index contributed by atoms with van der Waals surface area (Å²) in [4.78, 5) is 0.0125. The van der Waals surface area contributed by atoms with E-state index in [-0.39, 0.29) is 28.5 Å². The van der Waals surface area contributed by atoms with Crippen molar-refractivity contribution >= 4 is 21.4 Å². The van der Waals surface area contributed by atoms with Gasteiger partial charge in [0.2, 0.25) is 0 Å². The molecule has 0 radical (unpaired) electrons. The number of nitrogens with one attached hydrogen (secondary N) is 2. The molecule has 0 fully saturated rings. The molecule has 176 valence electrons. The lowest BCUT2D eigenvalue weighted by Crippen LogP contribution is -2.29. The van der Waals surface area contributed by atoms with Gasteiger partial charge in [0.1, 0.15) is 0 Å². The highest BCUT2D eigenvalue weighted by atomic mass is 32.2. The highest BCUT2D eigenvalue weighted by Gasteiger charge is 2.38. The number of hydrogen-bond acceptors (Lipinski definition) is 3. The summed E-state index contributed by atoms with van der Waals surface area (Å²) < 4.78 is 67.4. The Bertz CT molecular complexity index is 1380. The third kappa shape index (κ3) is 4.18. The van der Waals surface area contributed by atoms with Gasteiger partial charge in [0.05, 0.1) is 16.5 Å². The zero-order valence-electron chi connectivity index (χ0n) is 18.3. The fourth-order valence-corrected chi connectivity index (χ4v) is 5.99. The van der Waals surface area contributed by atoms with E-state index in [9.17, 15) is 21.6 Å². The maximum absolute atomic E-state index is 13.0. The van der Waals surface area contributed by atoms with Crippen LogP contribution in [0.25, 0.3) is 0 Å². The molecule has 5 rings (SSSR count). The maximum atomic E-state index is 13.0. The van der Waals surface area contributed by atoms with E-state index < -0.39 is 21.8 Å². The number of aryl methyl sites for hydroxylation is 1. The van der Waals surface area contributed by atoms with Crippen molar-refractivity contribution in [3.63, 3.8) is 0 Å². The SMILES string of the molecule is Cc1cccc([C@H]2Nc3ccc(S(=O)(=O)Nc4cccc(C(F)(F)F)c4)cc3[C@H]3C=CC[C@H]32)c1. The Balaban J connectivity index is 1.47. The third-order valence-corrected chi connectivity index (χ3v) is 7.87. The van der Waals surface area contributed by atoms with Crippen molar-refractivity contribution in [2.24, 2.45) is 5.92 Å². The zero-order valence-corrected chi connectivity index (χ0v) is 19.1. The minimum atomic E-state index is -4.56. The average molecular weight is 485 g/mol. The lowest BCUT2D eigenvalue weighted by Gasteiger charge is -2.37. The Morgan fingerprint density at radius 1 is 1.00 bits per heavy atom. The predicted octanol–water partition coefficient (Wildman–Crippen LogP) is 6.64. The number of sulfonamides is 1. The molecule has 1 aliphatic carbocycles. The standard InChI is InChI=1S/C26H23F3N2O2S/c1-16-5-2-6-17(13-16)25-22-10-4-9-21(22)23-15-20(11-12-24(23)30-25)34(32,33)31-19-8-3-7-18(14-19)26(27,28)29/h2-9,11-15,21-22,25,30-31H,10H2,1H3/t21-,22+,25+/m0/s1. The summed E-state index contributed by atoms with van der Waals surface area (Å²) in [7, 11) is -4.08. The van der Waals surface area contributed by atoms with Gasteiger partial charge in [0.25, 0.3) is 10.0 Å². The Hall–Kier alpha value is -3.26. The number of alkyl halides is 3. The molecule has 3 aromatic carbocycles. The number of rotatable bonds is 4. The van der Waals surface area contributed by atoms with Crippen LogP contribution in [0.4, 0.5) is 24.5 Å². The molecular weight excluding hydrogens is 461 g/mol. The van der Waals surface area contributed by atoms with E-state index in [2.05, 4.69) is 47.3 Å². The molecule has 0 saturated carbocycles. The highest BCUT2D eigenvalue weighted by molar-refractivity contribution is 7.92. The topological polar surface area (TPSA) is 58.2 Å². The second-order valence-corrected chi connectivity index (χ2v) is 10.5. The molecule has 0 aromatic heterocycles. The number of hydrogen-bond donors (Lipinski definition) is 2. The van der Waals surface area contributed by atoms with Crippen LogP contribution in [0.2, 0.25) is 0 Å². The Kier molecular flexibility index (Phi) is 5.43. The number of halogens is 3. The summed E-state index contributed by atoms with van der Waals surface area (Å²) in [5.74, 6) is 0.286. The minimum absolute atomic E-state index is 0.0125. The van der Waals surface area contributed by atoms with E-state index in [0.717, 1.165) is 29.8 Å². The van der Waals surface area contributed by atoms with E-state index >= 15 is 0 Å². The van der Waals surface area contributed by atoms with Crippen LogP contribution < -0.4 is 10.0 Å². The van der Waals surface area contributed by atoms with Gasteiger partial charge < -0.3 is 5.32 Å². The van der Waals surface area contributed by atoms with Gasteiger partial charge in [-0.15, -0.1) is 0 Å². The molecule has 4 nitrogen and oxygen atoms in total. The summed E-state index contributed by atoms with van der Waals surface area (Å²) >= 11 is 0. The molecule has 34 heavy (non-hydrogen) atoms. The molecule has 0 bridgehead atoms. The molecule has 1 heterocycles. The van der Waals surface area contributed by atoms with Gasteiger partial charge >= 0.3 is 6.18 Å². The first kappa shape index (κ1) is 22.5. The molecule has 1 aliphatic heterocycles. The molecule has 3 aromatic rings. The van der Waals surface area contributed by atoms with Crippen molar-refractivity contribution in [1.29, 1.82) is 0 Å². The van der Waals surface area contributed by atoms with Gasteiger partial charge in [-0.2, -0.15) is 13.2 Å². The molecule has 8 heteroatoms. The molecule has 0 spiro atoms. The lowest BCUT2D eigenvalue weighted by atomic mass is 9.77. The van der Waals surface area contributed by atoms with Crippen molar-refractivity contribution in [2.45, 2.75) is 36.4 Å². The van der Waals surface area contributed by atoms with Gasteiger partial charge in [-0.1, -0.05) is 48.0 Å². The first-order valence-electron chi connectivity index (χ1n) is 11.0. The van der Waals surface area contributed by atoms with E-state index in [0.29, 0.717) is 0 Å². The molecular formula is C26H23F3N2O2S. The summed E-state index contributed by atoms with van der Waals surface area (Å²) in [5.41, 5.74) is 3.04. The average Bonchev–Trinajstić information content (AvgIpc) is 3.28. The lowest BCUT2D eigenvalue weighted by molar-refractivity contribution is -0.137. The predicted molar refractivity (Wildman–Crippen MR) is 126 cm³/mol. The molecule has 0 unspecified atom stereocenters. The molecule has 2 N–H and O–H groups in total. The van der Waals surface area contributed by atoms with Crippen molar-refractivity contribution < 1.29 is 21.6 Å². The van der Waals surface area contributed by atoms with E-state index in [1.165, 1.54) is 29.3 Å². The third-order valence-electron chi connectivity index (χ3n) is 6.49. The normalized spacial score (nSPS) is 21.5. The van der Waals surface area contributed by atoms with Gasteiger partial charge in [0.15, 0.2) is 0 Å². The van der Waals surface area contributed by atoms with Crippen LogP contribution in [0.15, 0.2) is 83.8 Å². The summed E-state index contributed by atoms with van der Waals surface area (Å²) in [6.45, 7) is 2.05. The van der Waals surface area contributed by atoms with Gasteiger partial charge in [-0.25, -0.2) is 8.42 Å². The highest BCUT2D eigenvalue weighted by Crippen LogP contribution is 2.50. The first-order chi connectivity index (χ1) is 16.1.